The summed E-state index contributed by atoms with van der Waals surface area (Å²) in [5, 5.41) is 3.61. The molecular weight excluding hydrogens is 242 g/mol. The van der Waals surface area contributed by atoms with Crippen LogP contribution in [0, 0.1) is 13.8 Å². The molecule has 0 spiro atoms. The van der Waals surface area contributed by atoms with Crippen molar-refractivity contribution in [2.75, 3.05) is 0 Å². The summed E-state index contributed by atoms with van der Waals surface area (Å²) in [5.74, 6) is 0. The summed E-state index contributed by atoms with van der Waals surface area (Å²) < 4.78 is 2.23. The fourth-order valence-corrected chi connectivity index (χ4v) is 3.10. The second-order valence-electron chi connectivity index (χ2n) is 5.06. The van der Waals surface area contributed by atoms with Crippen LogP contribution in [0.3, 0.4) is 0 Å². The van der Waals surface area contributed by atoms with Crippen LogP contribution in [-0.2, 0) is 6.54 Å². The Morgan fingerprint density at radius 3 is 2.94 bits per heavy atom. The monoisotopic (exact) mass is 265 g/mol. The maximum atomic E-state index is 4.62. The van der Waals surface area contributed by atoms with Gasteiger partial charge in [-0.05, 0) is 27.2 Å². The van der Waals surface area contributed by atoms with Gasteiger partial charge in [0.2, 0.25) is 0 Å². The molecule has 100 valence electrons. The smallest absolute Gasteiger partial charge is 0.194 e. The highest BCUT2D eigenvalue weighted by Crippen LogP contribution is 2.20. The zero-order chi connectivity index (χ0) is 13.1. The Morgan fingerprint density at radius 1 is 1.44 bits per heavy atom. The topological polar surface area (TPSA) is 29.3 Å². The number of thiazole rings is 1. The normalized spacial score (nSPS) is 13.3. The van der Waals surface area contributed by atoms with Gasteiger partial charge in [0, 0.05) is 23.7 Å². The van der Waals surface area contributed by atoms with Gasteiger partial charge in [-0.15, -0.1) is 11.3 Å². The molecule has 0 amide bonds. The van der Waals surface area contributed by atoms with Crippen LogP contribution in [0.1, 0.15) is 49.4 Å². The van der Waals surface area contributed by atoms with Gasteiger partial charge in [-0.25, -0.2) is 4.98 Å². The highest BCUT2D eigenvalue weighted by molar-refractivity contribution is 7.17. The molecule has 2 heterocycles. The zero-order valence-electron chi connectivity index (χ0n) is 11.8. The minimum Gasteiger partial charge on any atom is -0.309 e. The highest BCUT2D eigenvalue weighted by atomic mass is 32.1. The van der Waals surface area contributed by atoms with Crippen molar-refractivity contribution in [3.8, 4) is 0 Å². The second kappa shape index (κ2) is 5.85. The summed E-state index contributed by atoms with van der Waals surface area (Å²) >= 11 is 1.76. The number of nitrogens with zero attached hydrogens (tertiary/aromatic N) is 2. The molecule has 0 aliphatic heterocycles. The lowest BCUT2D eigenvalue weighted by atomic mass is 10.1. The maximum Gasteiger partial charge on any atom is 0.194 e. The fourth-order valence-electron chi connectivity index (χ4n) is 2.21. The summed E-state index contributed by atoms with van der Waals surface area (Å²) in [4.78, 5) is 7.05. The molecule has 0 aliphatic carbocycles. The second-order valence-corrected chi connectivity index (χ2v) is 6.28. The van der Waals surface area contributed by atoms with Crippen LogP contribution in [0.5, 0.6) is 0 Å². The Bertz CT molecular complexity index is 512. The first-order valence-corrected chi connectivity index (χ1v) is 7.60. The summed E-state index contributed by atoms with van der Waals surface area (Å²) in [7, 11) is 0. The molecule has 0 bridgehead atoms. The van der Waals surface area contributed by atoms with E-state index >= 15 is 0 Å². The van der Waals surface area contributed by atoms with E-state index in [9.17, 15) is 0 Å². The average molecular weight is 265 g/mol. The molecule has 1 N–H and O–H groups in total. The van der Waals surface area contributed by atoms with E-state index < -0.39 is 0 Å². The molecule has 0 fully saturated rings. The van der Waals surface area contributed by atoms with Crippen LogP contribution >= 0.6 is 11.3 Å². The van der Waals surface area contributed by atoms with Crippen LogP contribution in [0.15, 0.2) is 6.20 Å². The Hall–Kier alpha value is -0.870. The minimum absolute atomic E-state index is 0.578. The lowest BCUT2D eigenvalue weighted by molar-refractivity contribution is 0.490. The summed E-state index contributed by atoms with van der Waals surface area (Å²) in [6.07, 6.45) is 6.01. The molecule has 1 atom stereocenters. The number of fused-ring (bicyclic) bond motifs is 1. The molecule has 2 aromatic heterocycles. The SMILES string of the molecule is CCCCC(C)NCc1c(C)nc2sc(C)cn12. The number of nitrogens with one attached hydrogen (secondary N) is 1. The van der Waals surface area contributed by atoms with E-state index in [1.165, 1.54) is 29.8 Å². The Labute approximate surface area is 113 Å². The number of aryl methyl sites for hydroxylation is 2. The number of imidazole rings is 1. The van der Waals surface area contributed by atoms with Crippen molar-refractivity contribution in [1.29, 1.82) is 0 Å². The van der Waals surface area contributed by atoms with Crippen molar-refractivity contribution >= 4 is 16.3 Å². The molecule has 18 heavy (non-hydrogen) atoms. The van der Waals surface area contributed by atoms with Crippen LogP contribution in [-0.4, -0.2) is 15.4 Å². The molecule has 0 radical (unpaired) electrons. The van der Waals surface area contributed by atoms with Crippen molar-refractivity contribution in [3.05, 3.63) is 22.5 Å². The standard InChI is InChI=1S/C14H23N3S/c1-5-6-7-10(2)15-8-13-12(4)16-14-17(13)9-11(3)18-14/h9-10,15H,5-8H2,1-4H3. The van der Waals surface area contributed by atoms with E-state index in [-0.39, 0.29) is 0 Å². The molecule has 0 aliphatic rings. The lowest BCUT2D eigenvalue weighted by Crippen LogP contribution is -2.26. The van der Waals surface area contributed by atoms with Crippen LogP contribution in [0.2, 0.25) is 0 Å². The fraction of sp³-hybridized carbons (Fsp3) is 0.643. The quantitative estimate of drug-likeness (QED) is 0.863. The number of unbranched alkanes of at least 4 members (excludes halogenated alkanes) is 1. The van der Waals surface area contributed by atoms with Crippen molar-refractivity contribution < 1.29 is 0 Å². The molecule has 2 aromatic rings. The maximum absolute atomic E-state index is 4.62. The van der Waals surface area contributed by atoms with Crippen molar-refractivity contribution in [3.63, 3.8) is 0 Å². The van der Waals surface area contributed by atoms with E-state index in [2.05, 4.69) is 48.6 Å². The third kappa shape index (κ3) is 2.93. The zero-order valence-corrected chi connectivity index (χ0v) is 12.6. The molecule has 3 nitrogen and oxygen atoms in total. The Balaban J connectivity index is 2.04. The van der Waals surface area contributed by atoms with Crippen LogP contribution < -0.4 is 5.32 Å². The van der Waals surface area contributed by atoms with E-state index in [0.717, 1.165) is 17.2 Å². The largest absolute Gasteiger partial charge is 0.309 e. The summed E-state index contributed by atoms with van der Waals surface area (Å²) in [6.45, 7) is 9.65. The number of aromatic nitrogens is 2. The van der Waals surface area contributed by atoms with Gasteiger partial charge in [0.1, 0.15) is 0 Å². The Kier molecular flexibility index (Phi) is 4.40. The Morgan fingerprint density at radius 2 is 2.22 bits per heavy atom. The van der Waals surface area contributed by atoms with Crippen LogP contribution in [0.25, 0.3) is 4.96 Å². The predicted molar refractivity (Wildman–Crippen MR) is 78.4 cm³/mol. The van der Waals surface area contributed by atoms with Crippen molar-refractivity contribution in [1.82, 2.24) is 14.7 Å². The first-order valence-electron chi connectivity index (χ1n) is 6.79. The number of hydrogen-bond donors (Lipinski definition) is 1. The molecule has 0 saturated carbocycles. The van der Waals surface area contributed by atoms with Gasteiger partial charge in [-0.2, -0.15) is 0 Å². The van der Waals surface area contributed by atoms with Gasteiger partial charge in [-0.1, -0.05) is 19.8 Å². The number of rotatable bonds is 6. The highest BCUT2D eigenvalue weighted by Gasteiger charge is 2.11. The summed E-state index contributed by atoms with van der Waals surface area (Å²) in [6, 6.07) is 0.578. The molecule has 0 saturated heterocycles. The summed E-state index contributed by atoms with van der Waals surface area (Å²) in [5.41, 5.74) is 2.45. The first kappa shape index (κ1) is 13.6. The van der Waals surface area contributed by atoms with Gasteiger partial charge in [0.05, 0.1) is 11.4 Å². The molecule has 2 rings (SSSR count). The van der Waals surface area contributed by atoms with Crippen molar-refractivity contribution in [2.45, 2.75) is 59.5 Å². The van der Waals surface area contributed by atoms with E-state index in [0.29, 0.717) is 6.04 Å². The minimum atomic E-state index is 0.578. The first-order chi connectivity index (χ1) is 8.61. The van der Waals surface area contributed by atoms with Gasteiger partial charge < -0.3 is 5.32 Å². The molecule has 4 heteroatoms. The van der Waals surface area contributed by atoms with E-state index in [4.69, 9.17) is 0 Å². The van der Waals surface area contributed by atoms with Gasteiger partial charge >= 0.3 is 0 Å². The van der Waals surface area contributed by atoms with E-state index in [1.807, 2.05) is 0 Å². The molecule has 1 unspecified atom stereocenters. The van der Waals surface area contributed by atoms with E-state index in [1.54, 1.807) is 11.3 Å². The van der Waals surface area contributed by atoms with Crippen LogP contribution in [0.4, 0.5) is 0 Å². The third-order valence-electron chi connectivity index (χ3n) is 3.35. The van der Waals surface area contributed by atoms with Crippen molar-refractivity contribution in [2.24, 2.45) is 0 Å². The third-order valence-corrected chi connectivity index (χ3v) is 4.25. The molecular formula is C14H23N3S. The predicted octanol–water partition coefficient (Wildman–Crippen LogP) is 3.68. The number of hydrogen-bond acceptors (Lipinski definition) is 3. The molecule has 0 aromatic carbocycles. The average Bonchev–Trinajstić information content (AvgIpc) is 2.79. The van der Waals surface area contributed by atoms with Gasteiger partial charge in [-0.3, -0.25) is 4.40 Å². The van der Waals surface area contributed by atoms with Gasteiger partial charge in [0.25, 0.3) is 0 Å². The van der Waals surface area contributed by atoms with Gasteiger partial charge in [0.15, 0.2) is 4.96 Å². The lowest BCUT2D eigenvalue weighted by Gasteiger charge is -2.13.